The number of rotatable bonds is 4. The van der Waals surface area contributed by atoms with Crippen LogP contribution in [0, 0.1) is 34.6 Å². The first-order valence-corrected chi connectivity index (χ1v) is 18.7. The number of halogens is 4. The molecule has 3 aromatic rings. The Bertz CT molecular complexity index is 1450. The van der Waals surface area contributed by atoms with Gasteiger partial charge in [0.15, 0.2) is 23.3 Å². The van der Waals surface area contributed by atoms with Crippen molar-refractivity contribution in [2.75, 3.05) is 57.5 Å². The van der Waals surface area contributed by atoms with Gasteiger partial charge in [-0.05, 0) is 95.6 Å². The molecule has 0 saturated carbocycles. The molecule has 3 aromatic carbocycles. The fraction of sp³-hybridized carbons (Fsp3) is 0.412. The average molecular weight is 673 g/mol. The van der Waals surface area contributed by atoms with Gasteiger partial charge < -0.3 is 4.90 Å². The lowest BCUT2D eigenvalue weighted by atomic mass is 9.97. The van der Waals surface area contributed by atoms with Gasteiger partial charge in [0.25, 0.3) is 0 Å². The van der Waals surface area contributed by atoms with Crippen LogP contribution in [0.2, 0.25) is 0 Å². The Morgan fingerprint density at radius 1 is 0.711 bits per heavy atom. The van der Waals surface area contributed by atoms with Crippen LogP contribution in [0.1, 0.15) is 54.8 Å². The van der Waals surface area contributed by atoms with E-state index in [1.807, 2.05) is 47.8 Å². The topological polar surface area (TPSA) is 42.6 Å². The van der Waals surface area contributed by atoms with Gasteiger partial charge in [-0.3, -0.25) is 5.01 Å². The summed E-state index contributed by atoms with van der Waals surface area (Å²) in [6, 6.07) is 16.1. The fourth-order valence-corrected chi connectivity index (χ4v) is 8.51. The van der Waals surface area contributed by atoms with Gasteiger partial charge in [-0.1, -0.05) is 24.3 Å². The summed E-state index contributed by atoms with van der Waals surface area (Å²) in [5, 5.41) is 14.7. The molecule has 0 amide bonds. The van der Waals surface area contributed by atoms with E-state index in [4.69, 9.17) is 0 Å². The van der Waals surface area contributed by atoms with Crippen LogP contribution in [0.4, 0.5) is 28.9 Å². The van der Waals surface area contributed by atoms with E-state index in [1.165, 1.54) is 35.9 Å². The van der Waals surface area contributed by atoms with Crippen LogP contribution in [0.3, 0.4) is 0 Å². The van der Waals surface area contributed by atoms with Crippen LogP contribution in [0.15, 0.2) is 59.7 Å². The van der Waals surface area contributed by atoms with E-state index in [-0.39, 0.29) is 12.5 Å². The van der Waals surface area contributed by atoms with E-state index in [0.717, 1.165) is 48.1 Å². The van der Waals surface area contributed by atoms with Gasteiger partial charge in [0.05, 0.1) is 23.4 Å². The van der Waals surface area contributed by atoms with Crippen LogP contribution in [0.25, 0.3) is 0 Å². The van der Waals surface area contributed by atoms with Crippen LogP contribution in [0.5, 0.6) is 0 Å². The van der Waals surface area contributed by atoms with E-state index in [0.29, 0.717) is 22.4 Å². The van der Waals surface area contributed by atoms with Crippen molar-refractivity contribution < 1.29 is 17.6 Å². The van der Waals surface area contributed by atoms with E-state index in [1.54, 1.807) is 24.3 Å². The molecule has 0 spiro atoms. The molecule has 4 nitrogen and oxygen atoms in total. The highest BCUT2D eigenvalue weighted by atomic mass is 32.2. The molecule has 0 N–H and O–H groups in total. The number of thioether (sulfide) groups is 3. The Kier molecular flexibility index (Phi) is 12.4. The fourth-order valence-electron chi connectivity index (χ4n) is 5.47. The first-order chi connectivity index (χ1) is 22.0. The predicted octanol–water partition coefficient (Wildman–Crippen LogP) is 9.05. The molecule has 2 aliphatic heterocycles. The maximum Gasteiger partial charge on any atom is 0.187 e. The molecule has 1 atom stereocenters. The quantitative estimate of drug-likeness (QED) is 0.204. The zero-order valence-corrected chi connectivity index (χ0v) is 27.4. The number of nitrogens with zero attached hydrogens (tertiary/aromatic N) is 4. The monoisotopic (exact) mass is 672 g/mol. The molecule has 1 saturated heterocycles. The zero-order valence-electron chi connectivity index (χ0n) is 25.0. The molecule has 0 aromatic heterocycles. The zero-order chi connectivity index (χ0) is 31.6. The van der Waals surface area contributed by atoms with Crippen molar-refractivity contribution in [3.05, 3.63) is 94.6 Å². The lowest BCUT2D eigenvalue weighted by molar-refractivity contribution is 0.448. The normalized spacial score (nSPS) is 19.3. The van der Waals surface area contributed by atoms with Gasteiger partial charge in [0.1, 0.15) is 5.69 Å². The summed E-state index contributed by atoms with van der Waals surface area (Å²) >= 11 is 6.10. The lowest BCUT2D eigenvalue weighted by Crippen LogP contribution is -2.27. The highest BCUT2D eigenvalue weighted by Crippen LogP contribution is 2.41. The smallest absolute Gasteiger partial charge is 0.187 e. The van der Waals surface area contributed by atoms with Crippen molar-refractivity contribution in [1.29, 1.82) is 5.26 Å². The average Bonchev–Trinajstić information content (AvgIpc) is 3.49. The number of benzene rings is 3. The van der Waals surface area contributed by atoms with Crippen molar-refractivity contribution in [2.24, 2.45) is 5.10 Å². The SMILES string of the molecule is N#Cc1ccc(C2=NN(c3c(F)c(F)cc(F)c3F)[C@H](c3ccc(N4CCCSCCCSCCCSCCC4)cc3)C2)cc1. The van der Waals surface area contributed by atoms with Crippen LogP contribution >= 0.6 is 35.3 Å². The third-order valence-electron chi connectivity index (χ3n) is 7.81. The van der Waals surface area contributed by atoms with Crippen molar-refractivity contribution in [2.45, 2.75) is 38.1 Å². The van der Waals surface area contributed by atoms with E-state index >= 15 is 8.78 Å². The minimum absolute atomic E-state index is 0.207. The summed E-state index contributed by atoms with van der Waals surface area (Å²) in [6.07, 6.45) is 4.90. The van der Waals surface area contributed by atoms with Gasteiger partial charge in [0.2, 0.25) is 0 Å². The molecule has 0 unspecified atom stereocenters. The Balaban J connectivity index is 1.39. The van der Waals surface area contributed by atoms with E-state index in [9.17, 15) is 14.0 Å². The Morgan fingerprint density at radius 3 is 1.78 bits per heavy atom. The third-order valence-corrected chi connectivity index (χ3v) is 11.3. The number of hydrazone groups is 1. The first-order valence-electron chi connectivity index (χ1n) is 15.2. The van der Waals surface area contributed by atoms with Gasteiger partial charge in [-0.25, -0.2) is 17.6 Å². The summed E-state index contributed by atoms with van der Waals surface area (Å²) < 4.78 is 58.7. The number of hydrogen-bond acceptors (Lipinski definition) is 7. The Morgan fingerprint density at radius 2 is 1.24 bits per heavy atom. The second-order valence-corrected chi connectivity index (χ2v) is 14.6. The summed E-state index contributed by atoms with van der Waals surface area (Å²) in [5.41, 5.74) is 2.53. The molecule has 238 valence electrons. The van der Waals surface area contributed by atoms with E-state index in [2.05, 4.69) is 27.8 Å². The molecule has 5 rings (SSSR count). The standard InChI is InChI=1S/C34H36F4N4S3/c35-28-21-29(36)33(38)34(32(28)37)42-31(22-30(40-42)25-7-5-24(23-39)6-8-25)26-9-11-27(12-10-26)41-13-1-15-43-17-3-19-45-20-4-18-44-16-2-14-41/h5-12,21,31H,1-4,13-20,22H2/t31-/m0/s1. The molecule has 0 bridgehead atoms. The Labute approximate surface area is 275 Å². The minimum Gasteiger partial charge on any atom is -0.371 e. The minimum atomic E-state index is -1.49. The van der Waals surface area contributed by atoms with Gasteiger partial charge in [-0.2, -0.15) is 45.6 Å². The van der Waals surface area contributed by atoms with Crippen LogP contribution in [-0.2, 0) is 0 Å². The summed E-state index contributed by atoms with van der Waals surface area (Å²) in [4.78, 5) is 2.40. The van der Waals surface area contributed by atoms with Gasteiger partial charge >= 0.3 is 0 Å². The highest BCUT2D eigenvalue weighted by molar-refractivity contribution is 8.00. The first kappa shape index (κ1) is 33.6. The van der Waals surface area contributed by atoms with Gasteiger partial charge in [-0.15, -0.1) is 0 Å². The second-order valence-electron chi connectivity index (χ2n) is 10.9. The molecule has 2 heterocycles. The number of anilines is 2. The van der Waals surface area contributed by atoms with Crippen LogP contribution in [-0.4, -0.2) is 53.3 Å². The number of hydrogen-bond donors (Lipinski definition) is 0. The van der Waals surface area contributed by atoms with Crippen molar-refractivity contribution in [3.8, 4) is 6.07 Å². The lowest BCUT2D eigenvalue weighted by Gasteiger charge is -2.27. The molecule has 45 heavy (non-hydrogen) atoms. The predicted molar refractivity (Wildman–Crippen MR) is 183 cm³/mol. The maximum absolute atomic E-state index is 15.1. The largest absolute Gasteiger partial charge is 0.371 e. The molecule has 11 heteroatoms. The molecular weight excluding hydrogens is 637 g/mol. The van der Waals surface area contributed by atoms with Crippen molar-refractivity contribution >= 4 is 52.4 Å². The second kappa shape index (κ2) is 16.7. The molecule has 0 aliphatic carbocycles. The summed E-state index contributed by atoms with van der Waals surface area (Å²) in [7, 11) is 0. The maximum atomic E-state index is 15.1. The third kappa shape index (κ3) is 8.72. The number of nitriles is 1. The molecule has 0 radical (unpaired) electrons. The van der Waals surface area contributed by atoms with Crippen molar-refractivity contribution in [3.63, 3.8) is 0 Å². The Hall–Kier alpha value is -2.81. The molecule has 1 fully saturated rings. The summed E-state index contributed by atoms with van der Waals surface area (Å²) in [6.45, 7) is 1.87. The van der Waals surface area contributed by atoms with Gasteiger partial charge in [0, 0.05) is 31.3 Å². The van der Waals surface area contributed by atoms with Crippen molar-refractivity contribution in [1.82, 2.24) is 0 Å². The highest BCUT2D eigenvalue weighted by Gasteiger charge is 2.35. The molecular formula is C34H36F4N4S3. The molecule has 2 aliphatic rings. The summed E-state index contributed by atoms with van der Waals surface area (Å²) in [5.74, 6) is 1.13. The van der Waals surface area contributed by atoms with E-state index < -0.39 is 35.0 Å². The van der Waals surface area contributed by atoms with Crippen LogP contribution < -0.4 is 9.91 Å².